The smallest absolute Gasteiger partial charge is 0.227 e. The third-order valence-corrected chi connectivity index (χ3v) is 4.45. The summed E-state index contributed by atoms with van der Waals surface area (Å²) in [6.07, 6.45) is 4.85. The van der Waals surface area contributed by atoms with E-state index < -0.39 is 0 Å². The first-order chi connectivity index (χ1) is 10.6. The van der Waals surface area contributed by atoms with Gasteiger partial charge in [0.05, 0.1) is 11.9 Å². The molecule has 5 heteroatoms. The first-order valence-corrected chi connectivity index (χ1v) is 8.21. The van der Waals surface area contributed by atoms with E-state index in [-0.39, 0.29) is 11.8 Å². The van der Waals surface area contributed by atoms with Gasteiger partial charge in [0, 0.05) is 16.1 Å². The Morgan fingerprint density at radius 2 is 2.09 bits per heavy atom. The van der Waals surface area contributed by atoms with Crippen LogP contribution in [0.1, 0.15) is 24.8 Å². The third-order valence-electron chi connectivity index (χ3n) is 3.96. The number of hydrogen-bond acceptors (Lipinski definition) is 3. The van der Waals surface area contributed by atoms with Gasteiger partial charge in [-0.25, -0.2) is 4.98 Å². The van der Waals surface area contributed by atoms with Crippen LogP contribution in [0.15, 0.2) is 41.0 Å². The van der Waals surface area contributed by atoms with E-state index in [2.05, 4.69) is 37.6 Å². The summed E-state index contributed by atoms with van der Waals surface area (Å²) in [5.41, 5.74) is 2.90. The number of nitrogens with one attached hydrogen (secondary N) is 2. The summed E-state index contributed by atoms with van der Waals surface area (Å²) >= 11 is 3.45. The fourth-order valence-corrected chi connectivity index (χ4v) is 2.84. The SMILES string of the molecule is Cc1cc(Br)ccc1Nc1ccc(NC(=O)C2CCC2)cn1. The number of carbonyl (C=O) groups is 1. The Balaban J connectivity index is 1.64. The molecule has 4 nitrogen and oxygen atoms in total. The van der Waals surface area contributed by atoms with E-state index in [1.54, 1.807) is 6.20 Å². The average molecular weight is 360 g/mol. The molecule has 0 spiro atoms. The Hall–Kier alpha value is -1.88. The molecule has 0 atom stereocenters. The number of aryl methyl sites for hydroxylation is 1. The van der Waals surface area contributed by atoms with Crippen molar-refractivity contribution in [1.82, 2.24) is 4.98 Å². The molecule has 0 bridgehead atoms. The van der Waals surface area contributed by atoms with Gasteiger partial charge in [-0.1, -0.05) is 22.4 Å². The maximum atomic E-state index is 11.9. The van der Waals surface area contributed by atoms with Gasteiger partial charge in [0.2, 0.25) is 5.91 Å². The number of hydrogen-bond donors (Lipinski definition) is 2. The van der Waals surface area contributed by atoms with Crippen LogP contribution < -0.4 is 10.6 Å². The number of anilines is 3. The average Bonchev–Trinajstić information content (AvgIpc) is 2.42. The van der Waals surface area contributed by atoms with E-state index >= 15 is 0 Å². The van der Waals surface area contributed by atoms with Crippen LogP contribution in [0.5, 0.6) is 0 Å². The predicted octanol–water partition coefficient (Wildman–Crippen LogP) is 4.63. The van der Waals surface area contributed by atoms with Crippen molar-refractivity contribution in [2.24, 2.45) is 5.92 Å². The minimum atomic E-state index is 0.109. The second-order valence-corrected chi connectivity index (χ2v) is 6.55. The first kappa shape index (κ1) is 15.0. The molecule has 0 unspecified atom stereocenters. The summed E-state index contributed by atoms with van der Waals surface area (Å²) in [5, 5.41) is 6.20. The number of nitrogens with zero attached hydrogens (tertiary/aromatic N) is 1. The summed E-state index contributed by atoms with van der Waals surface area (Å²) in [6.45, 7) is 2.04. The number of halogens is 1. The topological polar surface area (TPSA) is 54.0 Å². The van der Waals surface area contributed by atoms with Crippen molar-refractivity contribution in [2.45, 2.75) is 26.2 Å². The molecule has 114 valence electrons. The number of rotatable bonds is 4. The normalized spacial score (nSPS) is 14.3. The quantitative estimate of drug-likeness (QED) is 0.836. The van der Waals surface area contributed by atoms with Crippen LogP contribution in [0.25, 0.3) is 0 Å². The van der Waals surface area contributed by atoms with Crippen molar-refractivity contribution in [3.8, 4) is 0 Å². The first-order valence-electron chi connectivity index (χ1n) is 7.42. The molecule has 1 aliphatic carbocycles. The van der Waals surface area contributed by atoms with E-state index in [0.29, 0.717) is 0 Å². The third kappa shape index (κ3) is 3.47. The molecule has 1 heterocycles. The van der Waals surface area contributed by atoms with Crippen LogP contribution in [0, 0.1) is 12.8 Å². The monoisotopic (exact) mass is 359 g/mol. The van der Waals surface area contributed by atoms with Crippen LogP contribution in [0.4, 0.5) is 17.2 Å². The number of amides is 1. The summed E-state index contributed by atoms with van der Waals surface area (Å²) in [5.74, 6) is 1.05. The minimum absolute atomic E-state index is 0.109. The van der Waals surface area contributed by atoms with E-state index in [1.807, 2.05) is 31.2 Å². The highest BCUT2D eigenvalue weighted by molar-refractivity contribution is 9.10. The van der Waals surface area contributed by atoms with Crippen LogP contribution >= 0.6 is 15.9 Å². The van der Waals surface area contributed by atoms with Crippen molar-refractivity contribution in [1.29, 1.82) is 0 Å². The van der Waals surface area contributed by atoms with Crippen molar-refractivity contribution in [2.75, 3.05) is 10.6 Å². The van der Waals surface area contributed by atoms with Gasteiger partial charge in [-0.2, -0.15) is 0 Å². The lowest BCUT2D eigenvalue weighted by Crippen LogP contribution is -2.28. The largest absolute Gasteiger partial charge is 0.340 e. The van der Waals surface area contributed by atoms with Gasteiger partial charge in [-0.3, -0.25) is 4.79 Å². The molecular weight excluding hydrogens is 342 g/mol. The summed E-state index contributed by atoms with van der Waals surface area (Å²) in [6, 6.07) is 9.80. The molecule has 3 rings (SSSR count). The molecular formula is C17H18BrN3O. The zero-order valence-corrected chi connectivity index (χ0v) is 14.0. The Bertz CT molecular complexity index is 681. The lowest BCUT2D eigenvalue weighted by Gasteiger charge is -2.23. The Morgan fingerprint density at radius 1 is 1.27 bits per heavy atom. The highest BCUT2D eigenvalue weighted by atomic mass is 79.9. The summed E-state index contributed by atoms with van der Waals surface area (Å²) in [7, 11) is 0. The molecule has 0 aliphatic heterocycles. The van der Waals surface area contributed by atoms with E-state index in [9.17, 15) is 4.79 Å². The van der Waals surface area contributed by atoms with Gasteiger partial charge in [0.15, 0.2) is 0 Å². The standard InChI is InChI=1S/C17H18BrN3O/c1-11-9-13(18)5-7-15(11)21-16-8-6-14(10-19-16)20-17(22)12-3-2-4-12/h5-10,12H,2-4H2,1H3,(H,19,21)(H,20,22). The number of aromatic nitrogens is 1. The van der Waals surface area contributed by atoms with Crippen LogP contribution in [-0.4, -0.2) is 10.9 Å². The van der Waals surface area contributed by atoms with Crippen molar-refractivity contribution in [3.05, 3.63) is 46.6 Å². The second-order valence-electron chi connectivity index (χ2n) is 5.63. The zero-order valence-electron chi connectivity index (χ0n) is 12.4. The molecule has 2 aromatic rings. The molecule has 0 radical (unpaired) electrons. The van der Waals surface area contributed by atoms with Crippen LogP contribution in [0.2, 0.25) is 0 Å². The van der Waals surface area contributed by atoms with Gasteiger partial charge >= 0.3 is 0 Å². The molecule has 1 aliphatic rings. The maximum absolute atomic E-state index is 11.9. The van der Waals surface area contributed by atoms with Gasteiger partial charge in [-0.15, -0.1) is 0 Å². The predicted molar refractivity (Wildman–Crippen MR) is 92.4 cm³/mol. The van der Waals surface area contributed by atoms with Gasteiger partial charge in [0.1, 0.15) is 5.82 Å². The van der Waals surface area contributed by atoms with Crippen LogP contribution in [-0.2, 0) is 4.79 Å². The number of carbonyl (C=O) groups excluding carboxylic acids is 1. The van der Waals surface area contributed by atoms with Crippen LogP contribution in [0.3, 0.4) is 0 Å². The number of pyridine rings is 1. The summed E-state index contributed by atoms with van der Waals surface area (Å²) in [4.78, 5) is 16.2. The van der Waals surface area contributed by atoms with Gasteiger partial charge in [0.25, 0.3) is 0 Å². The molecule has 0 saturated heterocycles. The zero-order chi connectivity index (χ0) is 15.5. The summed E-state index contributed by atoms with van der Waals surface area (Å²) < 4.78 is 1.05. The maximum Gasteiger partial charge on any atom is 0.227 e. The minimum Gasteiger partial charge on any atom is -0.340 e. The highest BCUT2D eigenvalue weighted by Crippen LogP contribution is 2.28. The highest BCUT2D eigenvalue weighted by Gasteiger charge is 2.25. The second kappa shape index (κ2) is 6.48. The Kier molecular flexibility index (Phi) is 4.43. The van der Waals surface area contributed by atoms with E-state index in [4.69, 9.17) is 0 Å². The van der Waals surface area contributed by atoms with Crippen molar-refractivity contribution in [3.63, 3.8) is 0 Å². The van der Waals surface area contributed by atoms with Crippen molar-refractivity contribution < 1.29 is 4.79 Å². The lowest BCUT2D eigenvalue weighted by atomic mass is 9.85. The molecule has 1 amide bonds. The van der Waals surface area contributed by atoms with Gasteiger partial charge < -0.3 is 10.6 Å². The fraction of sp³-hybridized carbons (Fsp3) is 0.294. The molecule has 1 saturated carbocycles. The van der Waals surface area contributed by atoms with Gasteiger partial charge in [-0.05, 0) is 55.7 Å². The number of benzene rings is 1. The molecule has 2 N–H and O–H groups in total. The molecule has 1 aromatic heterocycles. The van der Waals surface area contributed by atoms with E-state index in [1.165, 1.54) is 0 Å². The fourth-order valence-electron chi connectivity index (χ4n) is 2.36. The van der Waals surface area contributed by atoms with Crippen molar-refractivity contribution >= 4 is 39.0 Å². The lowest BCUT2D eigenvalue weighted by molar-refractivity contribution is -0.122. The molecule has 1 aromatic carbocycles. The Morgan fingerprint density at radius 3 is 2.68 bits per heavy atom. The Labute approximate surface area is 138 Å². The van der Waals surface area contributed by atoms with E-state index in [0.717, 1.165) is 46.5 Å². The molecule has 22 heavy (non-hydrogen) atoms. The molecule has 1 fully saturated rings.